The minimum Gasteiger partial charge on any atom is -0.126 e. The Hall–Kier alpha value is -1.83. The highest BCUT2D eigenvalue weighted by atomic mass is 28.3. The first-order chi connectivity index (χ1) is 13.4. The van der Waals surface area contributed by atoms with Crippen LogP contribution in [-0.4, -0.2) is 16.1 Å². The van der Waals surface area contributed by atoms with Crippen LogP contribution in [0.4, 0.5) is 0 Å². The monoisotopic (exact) mass is 402 g/mol. The third-order valence-corrected chi connectivity index (χ3v) is 11.4. The van der Waals surface area contributed by atoms with Gasteiger partial charge in [-0.15, -0.1) is 11.5 Å². The van der Waals surface area contributed by atoms with E-state index < -0.39 is 16.1 Å². The van der Waals surface area contributed by atoms with Gasteiger partial charge < -0.3 is 0 Å². The van der Waals surface area contributed by atoms with Gasteiger partial charge in [-0.05, 0) is 23.6 Å². The van der Waals surface area contributed by atoms with Crippen LogP contribution in [0.15, 0.2) is 60.3 Å². The lowest BCUT2D eigenvalue weighted by molar-refractivity contribution is 0.430. The van der Waals surface area contributed by atoms with Crippen LogP contribution in [0.3, 0.4) is 0 Å². The van der Waals surface area contributed by atoms with Crippen LogP contribution < -0.4 is 10.4 Å². The molecule has 3 rings (SSSR count). The summed E-state index contributed by atoms with van der Waals surface area (Å²) in [5, 5.41) is 2.96. The van der Waals surface area contributed by atoms with Crippen LogP contribution in [0.2, 0.25) is 26.2 Å². The molecular formula is C26H34Si2. The summed E-state index contributed by atoms with van der Waals surface area (Å²) >= 11 is 0. The van der Waals surface area contributed by atoms with Crippen LogP contribution in [0.1, 0.15) is 37.7 Å². The molecule has 1 saturated carbocycles. The molecule has 0 bridgehead atoms. The zero-order chi connectivity index (χ0) is 20.0. The molecule has 0 atom stereocenters. The van der Waals surface area contributed by atoms with Gasteiger partial charge in [-0.1, -0.05) is 117 Å². The van der Waals surface area contributed by atoms with Gasteiger partial charge in [0.25, 0.3) is 0 Å². The molecule has 0 aliphatic heterocycles. The normalized spacial score (nSPS) is 16.0. The van der Waals surface area contributed by atoms with Gasteiger partial charge >= 0.3 is 0 Å². The molecule has 0 aromatic heterocycles. The van der Waals surface area contributed by atoms with Crippen LogP contribution in [0.25, 0.3) is 6.08 Å². The van der Waals surface area contributed by atoms with E-state index in [1.54, 1.807) is 0 Å². The smallest absolute Gasteiger partial charge is 0.126 e. The average Bonchev–Trinajstić information content (AvgIpc) is 2.73. The Labute approximate surface area is 174 Å². The van der Waals surface area contributed by atoms with E-state index in [0.29, 0.717) is 5.92 Å². The highest BCUT2D eigenvalue weighted by Gasteiger charge is 2.24. The number of benzene rings is 2. The summed E-state index contributed by atoms with van der Waals surface area (Å²) in [4.78, 5) is 0. The minimum atomic E-state index is -1.68. The maximum atomic E-state index is 3.74. The topological polar surface area (TPSA) is 0 Å². The van der Waals surface area contributed by atoms with Crippen LogP contribution in [0, 0.1) is 17.4 Å². The molecule has 1 aliphatic rings. The second-order valence-corrected chi connectivity index (χ2v) is 17.7. The summed E-state index contributed by atoms with van der Waals surface area (Å²) in [6.07, 6.45) is 9.04. The SMILES string of the molecule is C[Si](C)(C#CC1CCCCC1)c1ccc([Si](C)(C)C=Cc2ccccc2)cc1. The van der Waals surface area contributed by atoms with Gasteiger partial charge in [0, 0.05) is 5.92 Å². The van der Waals surface area contributed by atoms with Gasteiger partial charge in [0.1, 0.15) is 8.07 Å². The summed E-state index contributed by atoms with van der Waals surface area (Å²) in [5.41, 5.74) is 7.47. The number of hydrogen-bond donors (Lipinski definition) is 0. The zero-order valence-electron chi connectivity index (χ0n) is 18.0. The molecule has 0 N–H and O–H groups in total. The standard InChI is InChI=1S/C26H34Si2/c1-27(2,21-19-23-11-7-5-8-12-23)25-15-17-26(18-16-25)28(3,4)22-20-24-13-9-6-10-14-24/h5,7-8,11-12,15-19,21,24H,6,9-10,13-14H2,1-4H3. The first-order valence-corrected chi connectivity index (χ1v) is 16.8. The van der Waals surface area contributed by atoms with Crippen molar-refractivity contribution < 1.29 is 0 Å². The van der Waals surface area contributed by atoms with Gasteiger partial charge in [-0.3, -0.25) is 0 Å². The van der Waals surface area contributed by atoms with Gasteiger partial charge in [-0.2, -0.15) is 0 Å². The van der Waals surface area contributed by atoms with E-state index in [1.807, 2.05) is 0 Å². The highest BCUT2D eigenvalue weighted by molar-refractivity contribution is 6.97. The van der Waals surface area contributed by atoms with Crippen LogP contribution >= 0.6 is 0 Å². The maximum Gasteiger partial charge on any atom is 0.162 e. The fourth-order valence-corrected chi connectivity index (χ4v) is 7.42. The summed E-state index contributed by atoms with van der Waals surface area (Å²) < 4.78 is 0. The van der Waals surface area contributed by atoms with Crippen molar-refractivity contribution in [1.29, 1.82) is 0 Å². The lowest BCUT2D eigenvalue weighted by Crippen LogP contribution is -2.44. The third-order valence-electron chi connectivity index (χ3n) is 6.04. The molecule has 146 valence electrons. The van der Waals surface area contributed by atoms with Crippen LogP contribution in [-0.2, 0) is 0 Å². The highest BCUT2D eigenvalue weighted by Crippen LogP contribution is 2.23. The predicted molar refractivity (Wildman–Crippen MR) is 131 cm³/mol. The van der Waals surface area contributed by atoms with Gasteiger partial charge in [0.2, 0.25) is 0 Å². The van der Waals surface area contributed by atoms with Crippen molar-refractivity contribution >= 4 is 32.6 Å². The van der Waals surface area contributed by atoms with Gasteiger partial charge in [0.05, 0.1) is 0 Å². The third kappa shape index (κ3) is 5.59. The fraction of sp³-hybridized carbons (Fsp3) is 0.385. The van der Waals surface area contributed by atoms with Crippen molar-refractivity contribution in [2.75, 3.05) is 0 Å². The molecule has 0 saturated heterocycles. The van der Waals surface area contributed by atoms with E-state index >= 15 is 0 Å². The molecule has 2 aromatic rings. The predicted octanol–water partition coefficient (Wildman–Crippen LogP) is 5.89. The summed E-state index contributed by atoms with van der Waals surface area (Å²) in [7, 11) is -3.27. The van der Waals surface area contributed by atoms with Crippen LogP contribution in [0.5, 0.6) is 0 Å². The first-order valence-electron chi connectivity index (χ1n) is 10.7. The van der Waals surface area contributed by atoms with Crippen molar-refractivity contribution in [2.24, 2.45) is 5.92 Å². The van der Waals surface area contributed by atoms with Gasteiger partial charge in [0.15, 0.2) is 8.07 Å². The Kier molecular flexibility index (Phi) is 6.80. The molecule has 1 fully saturated rings. The van der Waals surface area contributed by atoms with Gasteiger partial charge in [-0.25, -0.2) is 0 Å². The molecule has 0 heterocycles. The van der Waals surface area contributed by atoms with E-state index in [0.717, 1.165) is 0 Å². The molecule has 0 amide bonds. The van der Waals surface area contributed by atoms with Crippen molar-refractivity contribution in [1.82, 2.24) is 0 Å². The lowest BCUT2D eigenvalue weighted by atomic mass is 9.90. The number of rotatable bonds is 4. The van der Waals surface area contributed by atoms with Crippen molar-refractivity contribution in [3.05, 3.63) is 65.9 Å². The average molecular weight is 403 g/mol. The van der Waals surface area contributed by atoms with E-state index in [9.17, 15) is 0 Å². The molecule has 2 aromatic carbocycles. The molecule has 0 unspecified atom stereocenters. The Balaban J connectivity index is 1.72. The lowest BCUT2D eigenvalue weighted by Gasteiger charge is -2.22. The second-order valence-electron chi connectivity index (χ2n) is 9.27. The van der Waals surface area contributed by atoms with E-state index in [1.165, 1.54) is 48.0 Å². The summed E-state index contributed by atoms with van der Waals surface area (Å²) in [5.74, 6) is 4.30. The quantitative estimate of drug-likeness (QED) is 0.441. The molecular weight excluding hydrogens is 368 g/mol. The summed E-state index contributed by atoms with van der Waals surface area (Å²) in [6, 6.07) is 20.1. The van der Waals surface area contributed by atoms with E-state index in [2.05, 4.69) is 104 Å². The van der Waals surface area contributed by atoms with Crippen molar-refractivity contribution in [3.63, 3.8) is 0 Å². The van der Waals surface area contributed by atoms with E-state index in [4.69, 9.17) is 0 Å². The van der Waals surface area contributed by atoms with Crippen molar-refractivity contribution in [3.8, 4) is 11.5 Å². The largest absolute Gasteiger partial charge is 0.162 e. The molecule has 1 aliphatic carbocycles. The maximum absolute atomic E-state index is 3.74. The Morgan fingerprint density at radius 2 is 1.39 bits per heavy atom. The zero-order valence-corrected chi connectivity index (χ0v) is 20.0. The van der Waals surface area contributed by atoms with Crippen molar-refractivity contribution in [2.45, 2.75) is 58.3 Å². The number of hydrogen-bond acceptors (Lipinski definition) is 0. The first kappa shape index (κ1) is 20.9. The van der Waals surface area contributed by atoms with E-state index in [-0.39, 0.29) is 0 Å². The molecule has 0 radical (unpaired) electrons. The Morgan fingerprint density at radius 3 is 2.04 bits per heavy atom. The molecule has 0 nitrogen and oxygen atoms in total. The Morgan fingerprint density at radius 1 is 0.786 bits per heavy atom. The molecule has 28 heavy (non-hydrogen) atoms. The second kappa shape index (κ2) is 9.11. The minimum absolute atomic E-state index is 0.647. The molecule has 0 spiro atoms. The Bertz CT molecular complexity index is 843. The summed E-state index contributed by atoms with van der Waals surface area (Å²) in [6.45, 7) is 9.64. The fourth-order valence-electron chi connectivity index (χ4n) is 3.88. The molecule has 2 heteroatoms.